The lowest BCUT2D eigenvalue weighted by molar-refractivity contribution is -0.220. The lowest BCUT2D eigenvalue weighted by Gasteiger charge is -2.18. The summed E-state index contributed by atoms with van der Waals surface area (Å²) in [7, 11) is 0. The van der Waals surface area contributed by atoms with Crippen LogP contribution in [-0.4, -0.2) is 46.5 Å². The molecule has 1 unspecified atom stereocenters. The maximum Gasteiger partial charge on any atom is 0.332 e. The highest BCUT2D eigenvalue weighted by Gasteiger charge is 2.32. The first-order valence-corrected chi connectivity index (χ1v) is 7.57. The van der Waals surface area contributed by atoms with Gasteiger partial charge in [0, 0.05) is 31.9 Å². The summed E-state index contributed by atoms with van der Waals surface area (Å²) >= 11 is 0. The fraction of sp³-hybridized carbons (Fsp3) is 0.600. The Labute approximate surface area is 134 Å². The molecule has 8 heteroatoms. The van der Waals surface area contributed by atoms with Crippen LogP contribution in [0.3, 0.4) is 0 Å². The van der Waals surface area contributed by atoms with Gasteiger partial charge < -0.3 is 15.3 Å². The minimum atomic E-state index is -1.05. The molecule has 1 aliphatic heterocycles. The van der Waals surface area contributed by atoms with Gasteiger partial charge in [-0.25, -0.2) is 4.79 Å². The van der Waals surface area contributed by atoms with E-state index in [4.69, 9.17) is 4.84 Å². The van der Waals surface area contributed by atoms with Crippen LogP contribution in [0.15, 0.2) is 12.2 Å². The van der Waals surface area contributed by atoms with Gasteiger partial charge in [-0.15, -0.1) is 5.06 Å². The number of aliphatic hydroxyl groups is 1. The number of amides is 2. The maximum atomic E-state index is 11.5. The quantitative estimate of drug-likeness (QED) is 0.462. The van der Waals surface area contributed by atoms with Crippen LogP contribution in [0.1, 0.15) is 45.4 Å². The molecule has 0 radical (unpaired) electrons. The Morgan fingerprint density at radius 2 is 2.04 bits per heavy atom. The van der Waals surface area contributed by atoms with E-state index in [-0.39, 0.29) is 31.0 Å². The molecule has 1 saturated heterocycles. The number of ketones is 1. The highest BCUT2D eigenvalue weighted by atomic mass is 16.7. The summed E-state index contributed by atoms with van der Waals surface area (Å²) in [6.45, 7) is 1.80. The van der Waals surface area contributed by atoms with Gasteiger partial charge in [-0.2, -0.15) is 0 Å². The monoisotopic (exact) mass is 326 g/mol. The molecule has 0 aromatic rings. The first kappa shape index (κ1) is 18.8. The van der Waals surface area contributed by atoms with E-state index in [9.17, 15) is 24.3 Å². The minimum Gasteiger partial charge on any atom is -0.370 e. The number of hydrogen-bond donors (Lipinski definition) is 2. The van der Waals surface area contributed by atoms with Gasteiger partial charge in [-0.05, 0) is 25.8 Å². The number of aliphatic hydroxyl groups excluding tert-OH is 1. The first-order chi connectivity index (χ1) is 10.9. The second kappa shape index (κ2) is 9.73. The van der Waals surface area contributed by atoms with Crippen molar-refractivity contribution in [2.75, 3.05) is 6.54 Å². The van der Waals surface area contributed by atoms with Crippen LogP contribution in [-0.2, 0) is 24.0 Å². The summed E-state index contributed by atoms with van der Waals surface area (Å²) in [6, 6.07) is 0. The molecule has 0 aliphatic carbocycles. The van der Waals surface area contributed by atoms with Gasteiger partial charge >= 0.3 is 5.97 Å². The maximum absolute atomic E-state index is 11.5. The highest BCUT2D eigenvalue weighted by molar-refractivity contribution is 5.96. The highest BCUT2D eigenvalue weighted by Crippen LogP contribution is 2.17. The number of nitrogens with one attached hydrogen (secondary N) is 1. The Balaban J connectivity index is 2.06. The summed E-state index contributed by atoms with van der Waals surface area (Å²) in [5, 5.41) is 12.8. The molecule has 0 aromatic carbocycles. The van der Waals surface area contributed by atoms with E-state index < -0.39 is 18.1 Å². The summed E-state index contributed by atoms with van der Waals surface area (Å²) in [4.78, 5) is 49.6. The van der Waals surface area contributed by atoms with Crippen molar-refractivity contribution in [3.05, 3.63) is 12.2 Å². The van der Waals surface area contributed by atoms with Crippen molar-refractivity contribution in [3.63, 3.8) is 0 Å². The van der Waals surface area contributed by atoms with E-state index in [0.717, 1.165) is 5.06 Å². The van der Waals surface area contributed by atoms with Gasteiger partial charge in [-0.3, -0.25) is 14.4 Å². The standard InChI is InChI=1S/C15H22N2O6/c1-11(18)6-7-12(19)16-10-4-2-3-5-15(22)23-17-13(20)8-9-14(17)21/h6-7,13,20H,2-5,8-10H2,1H3,(H,16,19)/b7-6-. The molecule has 128 valence electrons. The second-order valence-corrected chi connectivity index (χ2v) is 5.25. The minimum absolute atomic E-state index is 0.134. The molecular weight excluding hydrogens is 304 g/mol. The molecule has 1 atom stereocenters. The molecule has 1 rings (SSSR count). The fourth-order valence-corrected chi connectivity index (χ4v) is 1.95. The van der Waals surface area contributed by atoms with Crippen molar-refractivity contribution < 1.29 is 29.1 Å². The summed E-state index contributed by atoms with van der Waals surface area (Å²) in [6.07, 6.45) is 3.82. The number of hydrogen-bond acceptors (Lipinski definition) is 6. The van der Waals surface area contributed by atoms with E-state index in [0.29, 0.717) is 25.8 Å². The molecule has 0 spiro atoms. The van der Waals surface area contributed by atoms with Crippen LogP contribution in [0.25, 0.3) is 0 Å². The normalized spacial score (nSPS) is 17.6. The Kier molecular flexibility index (Phi) is 7.96. The number of carbonyl (C=O) groups is 4. The zero-order chi connectivity index (χ0) is 17.2. The molecule has 1 fully saturated rings. The first-order valence-electron chi connectivity index (χ1n) is 7.57. The Bertz CT molecular complexity index is 488. The molecule has 8 nitrogen and oxygen atoms in total. The van der Waals surface area contributed by atoms with Crippen LogP contribution < -0.4 is 5.32 Å². The Hall–Kier alpha value is -2.22. The lowest BCUT2D eigenvalue weighted by atomic mass is 10.2. The van der Waals surface area contributed by atoms with Gasteiger partial charge in [-0.1, -0.05) is 6.42 Å². The molecule has 1 heterocycles. The van der Waals surface area contributed by atoms with Gasteiger partial charge in [0.25, 0.3) is 5.91 Å². The number of allylic oxidation sites excluding steroid dienone is 1. The molecule has 1 aliphatic rings. The number of nitrogens with zero attached hydrogens (tertiary/aromatic N) is 1. The largest absolute Gasteiger partial charge is 0.370 e. The number of hydroxylamine groups is 2. The summed E-state index contributed by atoms with van der Waals surface area (Å²) < 4.78 is 0. The predicted molar refractivity (Wildman–Crippen MR) is 79.5 cm³/mol. The zero-order valence-electron chi connectivity index (χ0n) is 13.1. The third-order valence-electron chi connectivity index (χ3n) is 3.16. The topological polar surface area (TPSA) is 113 Å². The van der Waals surface area contributed by atoms with Crippen molar-refractivity contribution in [1.82, 2.24) is 10.4 Å². The van der Waals surface area contributed by atoms with Crippen LogP contribution in [0, 0.1) is 0 Å². The number of rotatable bonds is 9. The van der Waals surface area contributed by atoms with Crippen molar-refractivity contribution in [2.24, 2.45) is 0 Å². The Morgan fingerprint density at radius 3 is 2.65 bits per heavy atom. The van der Waals surface area contributed by atoms with Crippen LogP contribution in [0.2, 0.25) is 0 Å². The van der Waals surface area contributed by atoms with Crippen LogP contribution in [0.4, 0.5) is 0 Å². The summed E-state index contributed by atoms with van der Waals surface area (Å²) in [5.74, 6) is -1.48. The fourth-order valence-electron chi connectivity index (χ4n) is 1.95. The zero-order valence-corrected chi connectivity index (χ0v) is 13.1. The summed E-state index contributed by atoms with van der Waals surface area (Å²) in [5.41, 5.74) is 0. The van der Waals surface area contributed by atoms with Crippen molar-refractivity contribution in [1.29, 1.82) is 0 Å². The van der Waals surface area contributed by atoms with Gasteiger partial charge in [0.15, 0.2) is 12.0 Å². The average Bonchev–Trinajstić information content (AvgIpc) is 2.80. The smallest absolute Gasteiger partial charge is 0.332 e. The number of carbonyl (C=O) groups excluding carboxylic acids is 4. The van der Waals surface area contributed by atoms with E-state index >= 15 is 0 Å². The van der Waals surface area contributed by atoms with Gasteiger partial charge in [0.1, 0.15) is 0 Å². The molecule has 23 heavy (non-hydrogen) atoms. The SMILES string of the molecule is CC(=O)/C=C\C(=O)NCCCCCC(=O)ON1C(=O)CCC1O. The van der Waals surface area contributed by atoms with E-state index in [1.54, 1.807) is 0 Å². The van der Waals surface area contributed by atoms with Crippen molar-refractivity contribution >= 4 is 23.6 Å². The van der Waals surface area contributed by atoms with E-state index in [1.807, 2.05) is 0 Å². The second-order valence-electron chi connectivity index (χ2n) is 5.25. The van der Waals surface area contributed by atoms with E-state index in [1.165, 1.54) is 19.1 Å². The third-order valence-corrected chi connectivity index (χ3v) is 3.16. The van der Waals surface area contributed by atoms with Crippen molar-refractivity contribution in [3.8, 4) is 0 Å². The molecule has 2 amide bonds. The lowest BCUT2D eigenvalue weighted by Crippen LogP contribution is -2.35. The molecule has 2 N–H and O–H groups in total. The molecular formula is C15H22N2O6. The average molecular weight is 326 g/mol. The van der Waals surface area contributed by atoms with Crippen LogP contribution >= 0.6 is 0 Å². The predicted octanol–water partition coefficient (Wildman–Crippen LogP) is 0.207. The van der Waals surface area contributed by atoms with E-state index in [2.05, 4.69) is 5.32 Å². The van der Waals surface area contributed by atoms with Gasteiger partial charge in [0.05, 0.1) is 0 Å². The Morgan fingerprint density at radius 1 is 1.30 bits per heavy atom. The van der Waals surface area contributed by atoms with Crippen LogP contribution in [0.5, 0.6) is 0 Å². The molecule has 0 bridgehead atoms. The number of unbranched alkanes of at least 4 members (excludes halogenated alkanes) is 2. The molecule has 0 saturated carbocycles. The van der Waals surface area contributed by atoms with Crippen molar-refractivity contribution in [2.45, 2.75) is 51.7 Å². The molecule has 0 aromatic heterocycles. The third kappa shape index (κ3) is 7.55. The van der Waals surface area contributed by atoms with Gasteiger partial charge in [0.2, 0.25) is 5.91 Å².